The van der Waals surface area contributed by atoms with E-state index >= 15 is 0 Å². The van der Waals surface area contributed by atoms with E-state index in [0.29, 0.717) is 0 Å². The molecular weight excluding hydrogens is 256 g/mol. The molecule has 0 aromatic heterocycles. The highest BCUT2D eigenvalue weighted by atomic mass is 79.9. The molecule has 3 heteroatoms. The Morgan fingerprint density at radius 2 is 2.00 bits per heavy atom. The predicted molar refractivity (Wildman–Crippen MR) is 65.1 cm³/mol. The summed E-state index contributed by atoms with van der Waals surface area (Å²) in [6, 6.07) is 5.70. The zero-order chi connectivity index (χ0) is 11.3. The maximum absolute atomic E-state index is 9.11. The van der Waals surface area contributed by atoms with E-state index in [-0.39, 0.29) is 12.7 Å². The van der Waals surface area contributed by atoms with Gasteiger partial charge in [-0.25, -0.2) is 0 Å². The maximum Gasteiger partial charge on any atom is 0.120 e. The van der Waals surface area contributed by atoms with Crippen LogP contribution in [0.3, 0.4) is 0 Å². The van der Waals surface area contributed by atoms with Gasteiger partial charge in [-0.3, -0.25) is 0 Å². The van der Waals surface area contributed by atoms with Crippen LogP contribution in [0.4, 0.5) is 0 Å². The minimum absolute atomic E-state index is 0.0285. The Morgan fingerprint density at radius 1 is 1.33 bits per heavy atom. The molecule has 0 atom stereocenters. The smallest absolute Gasteiger partial charge is 0.120 e. The molecular formula is C12H17BrO2. The van der Waals surface area contributed by atoms with E-state index in [4.69, 9.17) is 9.84 Å². The lowest BCUT2D eigenvalue weighted by atomic mass is 10.2. The summed E-state index contributed by atoms with van der Waals surface area (Å²) in [6.45, 7) is 4.25. The van der Waals surface area contributed by atoms with Crippen LogP contribution in [0.25, 0.3) is 0 Å². The first-order chi connectivity index (χ1) is 7.21. The van der Waals surface area contributed by atoms with Crippen LogP contribution in [0, 0.1) is 0 Å². The number of rotatable bonds is 5. The van der Waals surface area contributed by atoms with Crippen LogP contribution in [-0.2, 0) is 6.61 Å². The van der Waals surface area contributed by atoms with Gasteiger partial charge >= 0.3 is 0 Å². The van der Waals surface area contributed by atoms with Crippen molar-refractivity contribution in [3.63, 3.8) is 0 Å². The third kappa shape index (κ3) is 3.50. The van der Waals surface area contributed by atoms with Gasteiger partial charge in [0.05, 0.1) is 12.7 Å². The molecule has 0 aliphatic carbocycles. The fourth-order valence-electron chi connectivity index (χ4n) is 1.39. The van der Waals surface area contributed by atoms with Crippen molar-refractivity contribution in [2.24, 2.45) is 0 Å². The van der Waals surface area contributed by atoms with Crippen molar-refractivity contribution in [3.05, 3.63) is 28.2 Å². The second-order valence-electron chi connectivity index (χ2n) is 3.47. The Bertz CT molecular complexity index is 308. The number of ether oxygens (including phenoxy) is 1. The van der Waals surface area contributed by atoms with E-state index < -0.39 is 0 Å². The van der Waals surface area contributed by atoms with Crippen molar-refractivity contribution in [1.29, 1.82) is 0 Å². The fourth-order valence-corrected chi connectivity index (χ4v) is 1.77. The van der Waals surface area contributed by atoms with Gasteiger partial charge in [-0.1, -0.05) is 29.8 Å². The molecule has 1 aromatic carbocycles. The van der Waals surface area contributed by atoms with Gasteiger partial charge in [0, 0.05) is 4.47 Å². The Kier molecular flexibility index (Phi) is 5.12. The van der Waals surface area contributed by atoms with Gasteiger partial charge in [-0.05, 0) is 36.6 Å². The van der Waals surface area contributed by atoms with Gasteiger partial charge in [0.15, 0.2) is 0 Å². The molecule has 0 radical (unpaired) electrons. The van der Waals surface area contributed by atoms with Crippen LogP contribution in [0.2, 0.25) is 0 Å². The molecule has 0 heterocycles. The van der Waals surface area contributed by atoms with Crippen LogP contribution in [0.1, 0.15) is 32.3 Å². The quantitative estimate of drug-likeness (QED) is 0.889. The van der Waals surface area contributed by atoms with Crippen LogP contribution in [-0.4, -0.2) is 11.2 Å². The molecule has 84 valence electrons. The van der Waals surface area contributed by atoms with E-state index in [1.807, 2.05) is 18.2 Å². The molecule has 0 saturated heterocycles. The molecule has 1 rings (SSSR count). The summed E-state index contributed by atoms with van der Waals surface area (Å²) in [5.41, 5.74) is 0.860. The monoisotopic (exact) mass is 272 g/mol. The van der Waals surface area contributed by atoms with Gasteiger partial charge in [-0.2, -0.15) is 0 Å². The third-order valence-electron chi connectivity index (χ3n) is 2.40. The van der Waals surface area contributed by atoms with Crippen molar-refractivity contribution < 1.29 is 9.84 Å². The van der Waals surface area contributed by atoms with Crippen molar-refractivity contribution in [2.45, 2.75) is 39.4 Å². The summed E-state index contributed by atoms with van der Waals surface area (Å²) in [4.78, 5) is 0. The average Bonchev–Trinajstić information content (AvgIpc) is 2.28. The molecule has 1 aromatic rings. The van der Waals surface area contributed by atoms with Crippen molar-refractivity contribution in [3.8, 4) is 5.75 Å². The van der Waals surface area contributed by atoms with Gasteiger partial charge in [0.25, 0.3) is 0 Å². The summed E-state index contributed by atoms with van der Waals surface area (Å²) < 4.78 is 6.70. The van der Waals surface area contributed by atoms with E-state index in [1.54, 1.807) is 0 Å². The minimum atomic E-state index is 0.0285. The lowest BCUT2D eigenvalue weighted by Gasteiger charge is -2.16. The SMILES string of the molecule is CCC(CC)Oc1ccc(Br)c(CO)c1. The van der Waals surface area contributed by atoms with Crippen LogP contribution in [0.15, 0.2) is 22.7 Å². The summed E-state index contributed by atoms with van der Waals surface area (Å²) in [5, 5.41) is 9.11. The molecule has 0 fully saturated rings. The summed E-state index contributed by atoms with van der Waals surface area (Å²) in [6.07, 6.45) is 2.26. The fraction of sp³-hybridized carbons (Fsp3) is 0.500. The Labute approximate surface area is 99.4 Å². The standard InChI is InChI=1S/C12H17BrO2/c1-3-10(4-2)15-11-5-6-12(13)9(7-11)8-14/h5-7,10,14H,3-4,8H2,1-2H3. The Morgan fingerprint density at radius 3 is 2.53 bits per heavy atom. The molecule has 0 saturated carbocycles. The molecule has 0 aliphatic rings. The zero-order valence-electron chi connectivity index (χ0n) is 9.16. The number of aliphatic hydroxyl groups excluding tert-OH is 1. The van der Waals surface area contributed by atoms with Gasteiger partial charge in [-0.15, -0.1) is 0 Å². The summed E-state index contributed by atoms with van der Waals surface area (Å²) in [7, 11) is 0. The van der Waals surface area contributed by atoms with E-state index in [9.17, 15) is 0 Å². The minimum Gasteiger partial charge on any atom is -0.490 e. The van der Waals surface area contributed by atoms with Crippen molar-refractivity contribution >= 4 is 15.9 Å². The number of halogens is 1. The highest BCUT2D eigenvalue weighted by molar-refractivity contribution is 9.10. The molecule has 0 spiro atoms. The molecule has 2 nitrogen and oxygen atoms in total. The topological polar surface area (TPSA) is 29.5 Å². The van der Waals surface area contributed by atoms with Crippen LogP contribution in [0.5, 0.6) is 5.75 Å². The first-order valence-corrected chi connectivity index (χ1v) is 6.06. The third-order valence-corrected chi connectivity index (χ3v) is 3.17. The van der Waals surface area contributed by atoms with Gasteiger partial charge in [0.1, 0.15) is 5.75 Å². The van der Waals surface area contributed by atoms with E-state index in [1.165, 1.54) is 0 Å². The highest BCUT2D eigenvalue weighted by Gasteiger charge is 2.06. The van der Waals surface area contributed by atoms with E-state index in [0.717, 1.165) is 28.6 Å². The largest absolute Gasteiger partial charge is 0.490 e. The van der Waals surface area contributed by atoms with E-state index in [2.05, 4.69) is 29.8 Å². The zero-order valence-corrected chi connectivity index (χ0v) is 10.8. The molecule has 0 unspecified atom stereocenters. The summed E-state index contributed by atoms with van der Waals surface area (Å²) in [5.74, 6) is 0.830. The summed E-state index contributed by atoms with van der Waals surface area (Å²) >= 11 is 3.38. The lowest BCUT2D eigenvalue weighted by Crippen LogP contribution is -2.13. The molecule has 0 aliphatic heterocycles. The molecule has 0 amide bonds. The average molecular weight is 273 g/mol. The molecule has 1 N–H and O–H groups in total. The normalized spacial score (nSPS) is 10.7. The Hall–Kier alpha value is -0.540. The highest BCUT2D eigenvalue weighted by Crippen LogP contribution is 2.24. The number of aliphatic hydroxyl groups is 1. The first kappa shape index (κ1) is 12.5. The first-order valence-electron chi connectivity index (χ1n) is 5.27. The number of hydrogen-bond acceptors (Lipinski definition) is 2. The second kappa shape index (κ2) is 6.13. The van der Waals surface area contributed by atoms with Crippen molar-refractivity contribution in [1.82, 2.24) is 0 Å². The Balaban J connectivity index is 2.77. The number of benzene rings is 1. The van der Waals surface area contributed by atoms with Crippen LogP contribution >= 0.6 is 15.9 Å². The second-order valence-corrected chi connectivity index (χ2v) is 4.32. The lowest BCUT2D eigenvalue weighted by molar-refractivity contribution is 0.192. The molecule has 0 bridgehead atoms. The van der Waals surface area contributed by atoms with Gasteiger partial charge in [0.2, 0.25) is 0 Å². The number of hydrogen-bond donors (Lipinski definition) is 1. The maximum atomic E-state index is 9.11. The van der Waals surface area contributed by atoms with Gasteiger partial charge < -0.3 is 9.84 Å². The van der Waals surface area contributed by atoms with Crippen LogP contribution < -0.4 is 4.74 Å². The van der Waals surface area contributed by atoms with Crippen molar-refractivity contribution in [2.75, 3.05) is 0 Å². The molecule has 15 heavy (non-hydrogen) atoms. The predicted octanol–water partition coefficient (Wildman–Crippen LogP) is 3.51.